The maximum absolute atomic E-state index is 13.1. The van der Waals surface area contributed by atoms with Crippen LogP contribution in [-0.4, -0.2) is 30.4 Å². The molecule has 5 nitrogen and oxygen atoms in total. The van der Waals surface area contributed by atoms with Gasteiger partial charge in [0.15, 0.2) is 0 Å². The minimum atomic E-state index is -0.285. The smallest absolute Gasteiger partial charge is 0.256 e. The molecule has 4 rings (SSSR count). The SMILES string of the molecule is CN(Cc1ccccc1)C(=O)c1ccccc1NC(=O)c1ccc(OCCc2ccccc2)cc1. The van der Waals surface area contributed by atoms with Gasteiger partial charge in [-0.3, -0.25) is 9.59 Å². The molecule has 0 aliphatic carbocycles. The van der Waals surface area contributed by atoms with Crippen LogP contribution in [-0.2, 0) is 13.0 Å². The number of carbonyl (C=O) groups excluding carboxylic acids is 2. The van der Waals surface area contributed by atoms with Gasteiger partial charge in [0, 0.05) is 25.6 Å². The summed E-state index contributed by atoms with van der Waals surface area (Å²) < 4.78 is 5.81. The summed E-state index contributed by atoms with van der Waals surface area (Å²) in [5.41, 5.74) is 3.66. The number of rotatable bonds is 9. The van der Waals surface area contributed by atoms with Crippen molar-refractivity contribution in [2.24, 2.45) is 0 Å². The number of amides is 2. The zero-order valence-corrected chi connectivity index (χ0v) is 19.7. The first-order valence-corrected chi connectivity index (χ1v) is 11.6. The molecular formula is C30H28N2O3. The van der Waals surface area contributed by atoms with E-state index in [1.165, 1.54) is 5.56 Å². The molecule has 0 aliphatic heterocycles. The Morgan fingerprint density at radius 3 is 2.03 bits per heavy atom. The van der Waals surface area contributed by atoms with Crippen LogP contribution in [0.25, 0.3) is 0 Å². The van der Waals surface area contributed by atoms with Gasteiger partial charge in [0.05, 0.1) is 17.9 Å². The fourth-order valence-electron chi connectivity index (χ4n) is 3.74. The third kappa shape index (κ3) is 6.58. The standard InChI is InChI=1S/C30H28N2O3/c1-32(22-24-12-6-3-7-13-24)30(34)27-14-8-9-15-28(27)31-29(33)25-16-18-26(19-17-25)35-21-20-23-10-4-2-5-11-23/h2-19H,20-22H2,1H3,(H,31,33). The highest BCUT2D eigenvalue weighted by atomic mass is 16.5. The summed E-state index contributed by atoms with van der Waals surface area (Å²) in [5.74, 6) is 0.259. The maximum Gasteiger partial charge on any atom is 0.256 e. The van der Waals surface area contributed by atoms with Crippen molar-refractivity contribution in [3.63, 3.8) is 0 Å². The van der Waals surface area contributed by atoms with Gasteiger partial charge >= 0.3 is 0 Å². The Morgan fingerprint density at radius 1 is 0.743 bits per heavy atom. The van der Waals surface area contributed by atoms with E-state index < -0.39 is 0 Å². The van der Waals surface area contributed by atoms with Crippen molar-refractivity contribution in [1.29, 1.82) is 0 Å². The van der Waals surface area contributed by atoms with Crippen molar-refractivity contribution in [2.75, 3.05) is 19.0 Å². The van der Waals surface area contributed by atoms with Gasteiger partial charge in [0.1, 0.15) is 5.75 Å². The molecule has 4 aromatic carbocycles. The summed E-state index contributed by atoms with van der Waals surface area (Å²) >= 11 is 0. The first kappa shape index (κ1) is 23.8. The molecule has 35 heavy (non-hydrogen) atoms. The Balaban J connectivity index is 1.37. The largest absolute Gasteiger partial charge is 0.493 e. The lowest BCUT2D eigenvalue weighted by Crippen LogP contribution is -2.27. The molecule has 0 bridgehead atoms. The van der Waals surface area contributed by atoms with Crippen molar-refractivity contribution < 1.29 is 14.3 Å². The molecule has 176 valence electrons. The van der Waals surface area contributed by atoms with Crippen LogP contribution in [0.4, 0.5) is 5.69 Å². The van der Waals surface area contributed by atoms with Crippen molar-refractivity contribution in [3.05, 3.63) is 131 Å². The van der Waals surface area contributed by atoms with E-state index in [1.807, 2.05) is 48.5 Å². The number of hydrogen-bond acceptors (Lipinski definition) is 3. The molecule has 0 saturated heterocycles. The minimum Gasteiger partial charge on any atom is -0.493 e. The summed E-state index contributed by atoms with van der Waals surface area (Å²) in [5, 5.41) is 2.88. The Kier molecular flexibility index (Phi) is 7.92. The van der Waals surface area contributed by atoms with Crippen molar-refractivity contribution in [3.8, 4) is 5.75 Å². The molecule has 0 saturated carbocycles. The van der Waals surface area contributed by atoms with E-state index in [0.29, 0.717) is 35.7 Å². The Labute approximate surface area is 206 Å². The lowest BCUT2D eigenvalue weighted by molar-refractivity contribution is 0.0786. The molecule has 0 unspecified atom stereocenters. The van der Waals surface area contributed by atoms with Crippen LogP contribution in [0, 0.1) is 0 Å². The van der Waals surface area contributed by atoms with Crippen LogP contribution in [0.3, 0.4) is 0 Å². The molecule has 1 N–H and O–H groups in total. The first-order valence-electron chi connectivity index (χ1n) is 11.6. The summed E-state index contributed by atoms with van der Waals surface area (Å²) in [6, 6.07) is 34.0. The molecule has 0 spiro atoms. The van der Waals surface area contributed by atoms with Gasteiger partial charge in [-0.25, -0.2) is 0 Å². The number of benzene rings is 4. The first-order chi connectivity index (χ1) is 17.1. The van der Waals surface area contributed by atoms with E-state index in [1.54, 1.807) is 60.5 Å². The Bertz CT molecular complexity index is 1260. The molecule has 2 amide bonds. The monoisotopic (exact) mass is 464 g/mol. The van der Waals surface area contributed by atoms with E-state index in [2.05, 4.69) is 17.4 Å². The van der Waals surface area contributed by atoms with Gasteiger partial charge in [0.25, 0.3) is 11.8 Å². The predicted molar refractivity (Wildman–Crippen MR) is 139 cm³/mol. The third-order valence-electron chi connectivity index (χ3n) is 5.63. The number of ether oxygens (including phenoxy) is 1. The predicted octanol–water partition coefficient (Wildman–Crippen LogP) is 5.83. The average molecular weight is 465 g/mol. The second-order valence-corrected chi connectivity index (χ2v) is 8.25. The fourth-order valence-corrected chi connectivity index (χ4v) is 3.74. The van der Waals surface area contributed by atoms with Gasteiger partial charge in [-0.15, -0.1) is 0 Å². The lowest BCUT2D eigenvalue weighted by atomic mass is 10.1. The quantitative estimate of drug-likeness (QED) is 0.339. The summed E-state index contributed by atoms with van der Waals surface area (Å²) in [7, 11) is 1.75. The van der Waals surface area contributed by atoms with Gasteiger partial charge < -0.3 is 15.0 Å². The van der Waals surface area contributed by atoms with Crippen LogP contribution in [0.1, 0.15) is 31.8 Å². The summed E-state index contributed by atoms with van der Waals surface area (Å²) in [6.45, 7) is 1.04. The molecule has 0 heterocycles. The van der Waals surface area contributed by atoms with E-state index >= 15 is 0 Å². The summed E-state index contributed by atoms with van der Waals surface area (Å²) in [4.78, 5) is 27.6. The highest BCUT2D eigenvalue weighted by Crippen LogP contribution is 2.20. The van der Waals surface area contributed by atoms with Gasteiger partial charge in [-0.05, 0) is 47.5 Å². The van der Waals surface area contributed by atoms with Gasteiger partial charge in [-0.2, -0.15) is 0 Å². The van der Waals surface area contributed by atoms with Crippen LogP contribution in [0.2, 0.25) is 0 Å². The van der Waals surface area contributed by atoms with Crippen LogP contribution in [0.15, 0.2) is 109 Å². The van der Waals surface area contributed by atoms with E-state index in [4.69, 9.17) is 4.74 Å². The van der Waals surface area contributed by atoms with Gasteiger partial charge in [0.2, 0.25) is 0 Å². The van der Waals surface area contributed by atoms with Crippen molar-refractivity contribution >= 4 is 17.5 Å². The van der Waals surface area contributed by atoms with Crippen molar-refractivity contribution in [2.45, 2.75) is 13.0 Å². The Morgan fingerprint density at radius 2 is 1.34 bits per heavy atom. The zero-order chi connectivity index (χ0) is 24.5. The van der Waals surface area contributed by atoms with E-state index in [9.17, 15) is 9.59 Å². The molecule has 0 fully saturated rings. The van der Waals surface area contributed by atoms with Crippen LogP contribution >= 0.6 is 0 Å². The second-order valence-electron chi connectivity index (χ2n) is 8.25. The highest BCUT2D eigenvalue weighted by Gasteiger charge is 2.17. The normalized spacial score (nSPS) is 10.4. The lowest BCUT2D eigenvalue weighted by Gasteiger charge is -2.19. The minimum absolute atomic E-state index is 0.160. The molecule has 0 radical (unpaired) electrons. The molecule has 0 aliphatic rings. The average Bonchev–Trinajstić information content (AvgIpc) is 2.90. The van der Waals surface area contributed by atoms with Crippen LogP contribution < -0.4 is 10.1 Å². The van der Waals surface area contributed by atoms with E-state index in [0.717, 1.165) is 12.0 Å². The highest BCUT2D eigenvalue weighted by molar-refractivity contribution is 6.09. The Hall–Kier alpha value is -4.38. The van der Waals surface area contributed by atoms with Crippen molar-refractivity contribution in [1.82, 2.24) is 4.90 Å². The topological polar surface area (TPSA) is 58.6 Å². The maximum atomic E-state index is 13.1. The molecule has 5 heteroatoms. The van der Waals surface area contributed by atoms with Crippen LogP contribution in [0.5, 0.6) is 5.75 Å². The fraction of sp³-hybridized carbons (Fsp3) is 0.133. The molecule has 4 aromatic rings. The molecule has 0 aromatic heterocycles. The summed E-state index contributed by atoms with van der Waals surface area (Å²) in [6.07, 6.45) is 0.812. The van der Waals surface area contributed by atoms with E-state index in [-0.39, 0.29) is 11.8 Å². The number of para-hydroxylation sites is 1. The number of nitrogens with zero attached hydrogens (tertiary/aromatic N) is 1. The number of carbonyl (C=O) groups is 2. The second kappa shape index (κ2) is 11.7. The molecular weight excluding hydrogens is 436 g/mol. The third-order valence-corrected chi connectivity index (χ3v) is 5.63. The zero-order valence-electron chi connectivity index (χ0n) is 19.7. The number of nitrogens with one attached hydrogen (secondary N) is 1. The van der Waals surface area contributed by atoms with Gasteiger partial charge in [-0.1, -0.05) is 72.8 Å². The number of hydrogen-bond donors (Lipinski definition) is 1. The molecule has 0 atom stereocenters. The number of anilines is 1.